The fourth-order valence-electron chi connectivity index (χ4n) is 0.665. The van der Waals surface area contributed by atoms with Gasteiger partial charge in [0.25, 0.3) is 0 Å². The molecular weight excluding hydrogens is 173 g/mol. The minimum absolute atomic E-state index is 0.276. The van der Waals surface area contributed by atoms with Crippen molar-refractivity contribution in [3.05, 3.63) is 11.8 Å². The molecule has 3 nitrogen and oxygen atoms in total. The average Bonchev–Trinajstić information content (AvgIpc) is 1.92. The van der Waals surface area contributed by atoms with E-state index in [1.54, 1.807) is 0 Å². The quantitative estimate of drug-likeness (QED) is 0.550. The van der Waals surface area contributed by atoms with Gasteiger partial charge in [-0.05, 0) is 6.92 Å². The Kier molecular flexibility index (Phi) is 1.91. The van der Waals surface area contributed by atoms with Crippen LogP contribution in [-0.4, -0.2) is 17.9 Å². The highest BCUT2D eigenvalue weighted by molar-refractivity contribution is 6.10. The number of hydrogen-bond donors (Lipinski definition) is 0. The summed E-state index contributed by atoms with van der Waals surface area (Å²) in [4.78, 5) is 13.1. The standard InChI is InChI=1S/C6H3F3N2O/c1-3-2-10-5(12)11-4(3)6(7,8)9/h1H3. The van der Waals surface area contributed by atoms with Gasteiger partial charge >= 0.3 is 12.2 Å². The van der Waals surface area contributed by atoms with Crippen molar-refractivity contribution >= 4 is 11.7 Å². The van der Waals surface area contributed by atoms with E-state index >= 15 is 0 Å². The number of alkyl halides is 3. The van der Waals surface area contributed by atoms with Gasteiger partial charge in [-0.1, -0.05) is 0 Å². The molecule has 64 valence electrons. The van der Waals surface area contributed by atoms with Crippen molar-refractivity contribution < 1.29 is 18.0 Å². The molecule has 0 saturated heterocycles. The molecule has 12 heavy (non-hydrogen) atoms. The smallest absolute Gasteiger partial charge is 0.244 e. The molecule has 0 N–H and O–H groups in total. The van der Waals surface area contributed by atoms with E-state index in [4.69, 9.17) is 0 Å². The van der Waals surface area contributed by atoms with Crippen LogP contribution in [-0.2, 0) is 0 Å². The molecule has 1 heterocycles. The number of hydrogen-bond acceptors (Lipinski definition) is 1. The maximum Gasteiger partial charge on any atom is 0.433 e. The van der Waals surface area contributed by atoms with Crippen molar-refractivity contribution in [3.8, 4) is 0 Å². The fourth-order valence-corrected chi connectivity index (χ4v) is 0.665. The molecule has 1 aliphatic rings. The predicted molar refractivity (Wildman–Crippen MR) is 33.5 cm³/mol. The lowest BCUT2D eigenvalue weighted by atomic mass is 10.2. The number of rotatable bonds is 0. The third-order valence-corrected chi connectivity index (χ3v) is 1.15. The van der Waals surface area contributed by atoms with Gasteiger partial charge in [-0.2, -0.15) is 23.5 Å². The number of urea groups is 1. The molecule has 0 aromatic carbocycles. The molecule has 1 aliphatic heterocycles. The van der Waals surface area contributed by atoms with Gasteiger partial charge in [-0.3, -0.25) is 0 Å². The Balaban J connectivity index is 3.02. The van der Waals surface area contributed by atoms with Crippen LogP contribution in [0.2, 0.25) is 0 Å². The first-order chi connectivity index (χ1) is 5.41. The molecule has 0 aromatic heterocycles. The Hall–Kier alpha value is -1.33. The number of halogens is 3. The van der Waals surface area contributed by atoms with Crippen LogP contribution in [0.3, 0.4) is 0 Å². The molecule has 0 atom stereocenters. The first-order valence-electron chi connectivity index (χ1n) is 2.92. The zero-order valence-electron chi connectivity index (χ0n) is 5.94. The SMILES string of the molecule is CC1=[C][N]C(=O)N=C1C(F)(F)F. The molecule has 2 amide bonds. The Morgan fingerprint density at radius 2 is 2.00 bits per heavy atom. The van der Waals surface area contributed by atoms with Gasteiger partial charge in [0.1, 0.15) is 6.20 Å². The van der Waals surface area contributed by atoms with Crippen LogP contribution in [0.4, 0.5) is 18.0 Å². The van der Waals surface area contributed by atoms with E-state index in [1.807, 2.05) is 6.20 Å². The van der Waals surface area contributed by atoms with Gasteiger partial charge in [-0.25, -0.2) is 4.79 Å². The average molecular weight is 176 g/mol. The molecule has 0 aliphatic carbocycles. The van der Waals surface area contributed by atoms with Crippen LogP contribution in [0.5, 0.6) is 0 Å². The normalized spacial score (nSPS) is 18.2. The van der Waals surface area contributed by atoms with E-state index in [2.05, 4.69) is 10.3 Å². The van der Waals surface area contributed by atoms with Gasteiger partial charge in [0.05, 0.1) is 0 Å². The van der Waals surface area contributed by atoms with Crippen molar-refractivity contribution in [1.29, 1.82) is 0 Å². The van der Waals surface area contributed by atoms with Crippen LogP contribution in [0.25, 0.3) is 0 Å². The van der Waals surface area contributed by atoms with Gasteiger partial charge in [0.2, 0.25) is 0 Å². The summed E-state index contributed by atoms with van der Waals surface area (Å²) >= 11 is 0. The van der Waals surface area contributed by atoms with Gasteiger partial charge in [0, 0.05) is 5.57 Å². The molecule has 0 unspecified atom stereocenters. The van der Waals surface area contributed by atoms with E-state index in [1.165, 1.54) is 0 Å². The Labute approximate surface area is 66.0 Å². The van der Waals surface area contributed by atoms with Crippen molar-refractivity contribution in [1.82, 2.24) is 5.32 Å². The van der Waals surface area contributed by atoms with Gasteiger partial charge in [-0.15, -0.1) is 0 Å². The zero-order valence-corrected chi connectivity index (χ0v) is 5.94. The molecular formula is C6H3F3N2O. The third-order valence-electron chi connectivity index (χ3n) is 1.15. The third kappa shape index (κ3) is 1.63. The summed E-state index contributed by atoms with van der Waals surface area (Å²) < 4.78 is 35.9. The number of amides is 2. The second kappa shape index (κ2) is 2.62. The van der Waals surface area contributed by atoms with Crippen LogP contribution < -0.4 is 5.32 Å². The van der Waals surface area contributed by atoms with Gasteiger partial charge in [0.15, 0.2) is 5.71 Å². The van der Waals surface area contributed by atoms with E-state index in [-0.39, 0.29) is 5.57 Å². The Bertz CT molecular complexity index is 277. The second-order valence-corrected chi connectivity index (χ2v) is 2.09. The summed E-state index contributed by atoms with van der Waals surface area (Å²) in [7, 11) is 0. The summed E-state index contributed by atoms with van der Waals surface area (Å²) in [5, 5.41) is 2.96. The van der Waals surface area contributed by atoms with Crippen molar-refractivity contribution in [2.45, 2.75) is 13.1 Å². The largest absolute Gasteiger partial charge is 0.433 e. The summed E-state index contributed by atoms with van der Waals surface area (Å²) in [5.41, 5.74) is -1.50. The summed E-state index contributed by atoms with van der Waals surface area (Å²) in [6.07, 6.45) is -2.68. The van der Waals surface area contributed by atoms with E-state index < -0.39 is 17.9 Å². The highest BCUT2D eigenvalue weighted by atomic mass is 19.4. The van der Waals surface area contributed by atoms with Crippen molar-refractivity contribution in [2.24, 2.45) is 4.99 Å². The Morgan fingerprint density at radius 3 is 2.42 bits per heavy atom. The van der Waals surface area contributed by atoms with E-state index in [0.717, 1.165) is 6.92 Å². The van der Waals surface area contributed by atoms with Crippen LogP contribution in [0.1, 0.15) is 6.92 Å². The highest BCUT2D eigenvalue weighted by Gasteiger charge is 2.39. The minimum atomic E-state index is -4.61. The zero-order chi connectivity index (χ0) is 9.35. The van der Waals surface area contributed by atoms with Crippen molar-refractivity contribution in [3.63, 3.8) is 0 Å². The lowest BCUT2D eigenvalue weighted by Gasteiger charge is -2.11. The first kappa shape index (κ1) is 8.76. The number of carbonyl (C=O) groups is 1. The molecule has 2 radical (unpaired) electrons. The topological polar surface area (TPSA) is 43.5 Å². The van der Waals surface area contributed by atoms with E-state index in [9.17, 15) is 18.0 Å². The van der Waals surface area contributed by atoms with Gasteiger partial charge < -0.3 is 0 Å². The van der Waals surface area contributed by atoms with Crippen LogP contribution in [0.15, 0.2) is 10.6 Å². The van der Waals surface area contributed by atoms with E-state index in [0.29, 0.717) is 0 Å². The Morgan fingerprint density at radius 1 is 1.42 bits per heavy atom. The predicted octanol–water partition coefficient (Wildman–Crippen LogP) is 1.43. The molecule has 0 aromatic rings. The lowest BCUT2D eigenvalue weighted by molar-refractivity contribution is -0.0583. The number of aliphatic imine (C=N–C) groups is 1. The maximum absolute atomic E-state index is 12.0. The van der Waals surface area contributed by atoms with Crippen molar-refractivity contribution in [2.75, 3.05) is 0 Å². The fraction of sp³-hybridized carbons (Fsp3) is 0.333. The minimum Gasteiger partial charge on any atom is -0.244 e. The maximum atomic E-state index is 12.0. The monoisotopic (exact) mass is 176 g/mol. The summed E-state index contributed by atoms with van der Waals surface area (Å²) in [5.74, 6) is 0. The second-order valence-electron chi connectivity index (χ2n) is 2.09. The molecule has 0 spiro atoms. The first-order valence-corrected chi connectivity index (χ1v) is 2.92. The molecule has 0 bridgehead atoms. The molecule has 0 fully saturated rings. The number of carbonyl (C=O) groups excluding carboxylic acids is 1. The molecule has 6 heteroatoms. The summed E-state index contributed by atoms with van der Waals surface area (Å²) in [6.45, 7) is 1.14. The highest BCUT2D eigenvalue weighted by Crippen LogP contribution is 2.23. The molecule has 1 rings (SSSR count). The number of allylic oxidation sites excluding steroid dienone is 1. The van der Waals surface area contributed by atoms with Crippen LogP contribution >= 0.6 is 0 Å². The molecule has 0 saturated carbocycles. The summed E-state index contributed by atoms with van der Waals surface area (Å²) in [6, 6.07) is -1.17. The lowest BCUT2D eigenvalue weighted by Crippen LogP contribution is -2.29. The number of nitrogens with zero attached hydrogens (tertiary/aromatic N) is 2. The van der Waals surface area contributed by atoms with Crippen LogP contribution in [0, 0.1) is 6.20 Å².